The van der Waals surface area contributed by atoms with Gasteiger partial charge in [-0.3, -0.25) is 9.88 Å². The van der Waals surface area contributed by atoms with E-state index in [9.17, 15) is 17.6 Å². The predicted molar refractivity (Wildman–Crippen MR) is 110 cm³/mol. The van der Waals surface area contributed by atoms with Crippen molar-refractivity contribution in [2.75, 3.05) is 13.1 Å². The molecule has 1 fully saturated rings. The molecule has 0 spiro atoms. The quantitative estimate of drug-likeness (QED) is 0.341. The molecule has 160 valence electrons. The van der Waals surface area contributed by atoms with Crippen molar-refractivity contribution in [2.24, 2.45) is 0 Å². The van der Waals surface area contributed by atoms with Crippen LogP contribution in [0.5, 0.6) is 0 Å². The minimum absolute atomic E-state index is 0.137. The molecular formula is C23H20F4N4. The Labute approximate surface area is 175 Å². The number of imidazole rings is 1. The standard InChI is InChI=1S/C23H20F4N4/c1-12(23-29-19-11-17(25)20(26)21(27)22(19)30-23)31-8-5-13(6-9-31)15-4-7-28-18-3-2-14(24)10-16(15)18/h2-4,7,10-13H,5-6,8-9H2,1H3,(H,29,30). The zero-order valence-corrected chi connectivity index (χ0v) is 16.8. The molecule has 0 aliphatic carbocycles. The van der Waals surface area contributed by atoms with Gasteiger partial charge >= 0.3 is 0 Å². The van der Waals surface area contributed by atoms with Gasteiger partial charge in [-0.1, -0.05) is 0 Å². The molecule has 0 bridgehead atoms. The molecule has 2 aromatic heterocycles. The first kappa shape index (κ1) is 19.9. The Morgan fingerprint density at radius 1 is 1.03 bits per heavy atom. The van der Waals surface area contributed by atoms with Crippen LogP contribution in [0.15, 0.2) is 36.5 Å². The number of aromatic nitrogens is 3. The first-order chi connectivity index (χ1) is 14.9. The lowest BCUT2D eigenvalue weighted by molar-refractivity contribution is 0.158. The molecule has 5 rings (SSSR count). The fourth-order valence-electron chi connectivity index (χ4n) is 4.54. The molecule has 1 unspecified atom stereocenters. The molecule has 0 amide bonds. The van der Waals surface area contributed by atoms with Crippen LogP contribution in [0, 0.1) is 23.3 Å². The molecule has 1 N–H and O–H groups in total. The molecular weight excluding hydrogens is 408 g/mol. The summed E-state index contributed by atoms with van der Waals surface area (Å²) < 4.78 is 54.9. The van der Waals surface area contributed by atoms with Gasteiger partial charge in [-0.05, 0) is 68.6 Å². The van der Waals surface area contributed by atoms with E-state index in [1.165, 1.54) is 12.1 Å². The third kappa shape index (κ3) is 3.44. The summed E-state index contributed by atoms with van der Waals surface area (Å²) in [7, 11) is 0. The van der Waals surface area contributed by atoms with E-state index in [2.05, 4.69) is 19.9 Å². The smallest absolute Gasteiger partial charge is 0.196 e. The van der Waals surface area contributed by atoms with E-state index in [4.69, 9.17) is 0 Å². The van der Waals surface area contributed by atoms with E-state index >= 15 is 0 Å². The number of nitrogens with one attached hydrogen (secondary N) is 1. The van der Waals surface area contributed by atoms with E-state index in [1.54, 1.807) is 12.3 Å². The lowest BCUT2D eigenvalue weighted by Crippen LogP contribution is -2.35. The Morgan fingerprint density at radius 2 is 1.81 bits per heavy atom. The Balaban J connectivity index is 1.36. The maximum Gasteiger partial charge on any atom is 0.196 e. The molecule has 31 heavy (non-hydrogen) atoms. The number of piperidine rings is 1. The van der Waals surface area contributed by atoms with Crippen molar-refractivity contribution >= 4 is 21.9 Å². The number of likely N-dealkylation sites (tertiary alicyclic amines) is 1. The summed E-state index contributed by atoms with van der Waals surface area (Å²) in [4.78, 5) is 13.6. The number of fused-ring (bicyclic) bond motifs is 2. The minimum Gasteiger partial charge on any atom is -0.340 e. The molecule has 1 aliphatic rings. The van der Waals surface area contributed by atoms with E-state index in [0.29, 0.717) is 5.82 Å². The van der Waals surface area contributed by atoms with Crippen LogP contribution in [-0.4, -0.2) is 32.9 Å². The maximum atomic E-state index is 14.0. The van der Waals surface area contributed by atoms with Gasteiger partial charge in [-0.15, -0.1) is 0 Å². The van der Waals surface area contributed by atoms with Crippen LogP contribution in [0.25, 0.3) is 21.9 Å². The van der Waals surface area contributed by atoms with Gasteiger partial charge in [0.1, 0.15) is 17.2 Å². The number of hydrogen-bond donors (Lipinski definition) is 1. The number of H-pyrrole nitrogens is 1. The van der Waals surface area contributed by atoms with Gasteiger partial charge in [-0.25, -0.2) is 22.5 Å². The third-order valence-corrected chi connectivity index (χ3v) is 6.28. The largest absolute Gasteiger partial charge is 0.340 e. The van der Waals surface area contributed by atoms with Gasteiger partial charge in [0.2, 0.25) is 0 Å². The first-order valence-electron chi connectivity index (χ1n) is 10.2. The van der Waals surface area contributed by atoms with Crippen molar-refractivity contribution in [3.63, 3.8) is 0 Å². The fraction of sp³-hybridized carbons (Fsp3) is 0.304. The summed E-state index contributed by atoms with van der Waals surface area (Å²) in [5.74, 6) is -3.58. The first-order valence-corrected chi connectivity index (χ1v) is 10.2. The fourth-order valence-corrected chi connectivity index (χ4v) is 4.54. The topological polar surface area (TPSA) is 44.8 Å². The molecule has 8 heteroatoms. The number of nitrogens with zero attached hydrogens (tertiary/aromatic N) is 3. The lowest BCUT2D eigenvalue weighted by Gasteiger charge is -2.35. The molecule has 1 saturated heterocycles. The van der Waals surface area contributed by atoms with E-state index < -0.39 is 17.5 Å². The number of hydrogen-bond acceptors (Lipinski definition) is 3. The number of rotatable bonds is 3. The molecule has 4 aromatic rings. The van der Waals surface area contributed by atoms with Crippen LogP contribution in [0.3, 0.4) is 0 Å². The summed E-state index contributed by atoms with van der Waals surface area (Å²) in [5.41, 5.74) is 1.81. The summed E-state index contributed by atoms with van der Waals surface area (Å²) in [6, 6.07) is 7.35. The highest BCUT2D eigenvalue weighted by Crippen LogP contribution is 2.35. The van der Waals surface area contributed by atoms with Crippen molar-refractivity contribution in [1.82, 2.24) is 19.9 Å². The van der Waals surface area contributed by atoms with Crippen LogP contribution in [0.1, 0.15) is 43.1 Å². The number of aromatic amines is 1. The molecule has 0 radical (unpaired) electrons. The van der Waals surface area contributed by atoms with Crippen LogP contribution in [-0.2, 0) is 0 Å². The SMILES string of the molecule is CC(c1nc2c(F)c(F)c(F)cc2[nH]1)N1CCC(c2ccnc3ccc(F)cc23)CC1. The highest BCUT2D eigenvalue weighted by atomic mass is 19.2. The van der Waals surface area contributed by atoms with Gasteiger partial charge in [0.15, 0.2) is 17.5 Å². The molecule has 1 aliphatic heterocycles. The lowest BCUT2D eigenvalue weighted by atomic mass is 9.87. The average Bonchev–Trinajstić information content (AvgIpc) is 3.21. The zero-order chi connectivity index (χ0) is 21.7. The van der Waals surface area contributed by atoms with Gasteiger partial charge in [0.25, 0.3) is 0 Å². The monoisotopic (exact) mass is 428 g/mol. The number of benzene rings is 2. The predicted octanol–water partition coefficient (Wildman–Crippen LogP) is 5.61. The van der Waals surface area contributed by atoms with Crippen molar-refractivity contribution in [3.8, 4) is 0 Å². The van der Waals surface area contributed by atoms with Crippen LogP contribution >= 0.6 is 0 Å². The average molecular weight is 428 g/mol. The van der Waals surface area contributed by atoms with Crippen molar-refractivity contribution in [2.45, 2.75) is 31.7 Å². The molecule has 3 heterocycles. The molecule has 0 saturated carbocycles. The number of pyridine rings is 1. The Morgan fingerprint density at radius 3 is 2.58 bits per heavy atom. The Kier molecular flexibility index (Phi) is 4.89. The third-order valence-electron chi connectivity index (χ3n) is 6.28. The second kappa shape index (κ2) is 7.60. The van der Waals surface area contributed by atoms with Crippen molar-refractivity contribution in [3.05, 3.63) is 71.2 Å². The summed E-state index contributed by atoms with van der Waals surface area (Å²) >= 11 is 0. The van der Waals surface area contributed by atoms with E-state index in [0.717, 1.165) is 48.5 Å². The summed E-state index contributed by atoms with van der Waals surface area (Å²) in [6.45, 7) is 3.44. The van der Waals surface area contributed by atoms with Gasteiger partial charge < -0.3 is 4.98 Å². The maximum absolute atomic E-state index is 14.0. The highest BCUT2D eigenvalue weighted by molar-refractivity contribution is 5.82. The second-order valence-corrected chi connectivity index (χ2v) is 8.05. The van der Waals surface area contributed by atoms with Gasteiger partial charge in [-0.2, -0.15) is 0 Å². The molecule has 2 aromatic carbocycles. The zero-order valence-electron chi connectivity index (χ0n) is 16.8. The highest BCUT2D eigenvalue weighted by Gasteiger charge is 2.28. The normalized spacial score (nSPS) is 16.9. The van der Waals surface area contributed by atoms with E-state index in [-0.39, 0.29) is 28.8 Å². The minimum atomic E-state index is -1.51. The van der Waals surface area contributed by atoms with Gasteiger partial charge in [0, 0.05) is 17.6 Å². The van der Waals surface area contributed by atoms with E-state index in [1.807, 2.05) is 13.0 Å². The molecule has 1 atom stereocenters. The number of halogens is 4. The second-order valence-electron chi connectivity index (χ2n) is 8.05. The van der Waals surface area contributed by atoms with Gasteiger partial charge in [0.05, 0.1) is 17.1 Å². The van der Waals surface area contributed by atoms with Crippen LogP contribution in [0.4, 0.5) is 17.6 Å². The van der Waals surface area contributed by atoms with Crippen LogP contribution < -0.4 is 0 Å². The van der Waals surface area contributed by atoms with Crippen molar-refractivity contribution in [1.29, 1.82) is 0 Å². The van der Waals surface area contributed by atoms with Crippen molar-refractivity contribution < 1.29 is 17.6 Å². The summed E-state index contributed by atoms with van der Waals surface area (Å²) in [5, 5.41) is 0.839. The Bertz CT molecular complexity index is 1280. The van der Waals surface area contributed by atoms with Crippen LogP contribution in [0.2, 0.25) is 0 Å². The Hall–Kier alpha value is -3.00. The summed E-state index contributed by atoms with van der Waals surface area (Å²) in [6.07, 6.45) is 3.47. The molecule has 4 nitrogen and oxygen atoms in total.